The van der Waals surface area contributed by atoms with Gasteiger partial charge in [0, 0.05) is 18.7 Å². The molecule has 2 aromatic rings. The number of nitrogens with one attached hydrogen (secondary N) is 1. The maximum Gasteiger partial charge on any atom is 0.311 e. The van der Waals surface area contributed by atoms with Crippen LogP contribution >= 0.6 is 0 Å². The van der Waals surface area contributed by atoms with Gasteiger partial charge in [0.2, 0.25) is 5.91 Å². The molecule has 1 atom stereocenters. The second-order valence-electron chi connectivity index (χ2n) is 6.76. The van der Waals surface area contributed by atoms with Crippen molar-refractivity contribution in [3.8, 4) is 0 Å². The standard InChI is InChI=1S/C21H21FN2O4/c1-13-6-5-9-18(14(13)2)24-11-15(10-20(24)26)21(27)28-12-19(25)23-17-8-4-3-7-16(17)22/h3-9,15H,10-12H2,1-2H3,(H,23,25)/t15-/m1/s1. The van der Waals surface area contributed by atoms with Gasteiger partial charge in [-0.3, -0.25) is 14.4 Å². The smallest absolute Gasteiger partial charge is 0.311 e. The summed E-state index contributed by atoms with van der Waals surface area (Å²) in [6.07, 6.45) is 0.0289. The van der Waals surface area contributed by atoms with Gasteiger partial charge in [0.05, 0.1) is 11.6 Å². The summed E-state index contributed by atoms with van der Waals surface area (Å²) in [6, 6.07) is 11.4. The Morgan fingerprint density at radius 1 is 1.18 bits per heavy atom. The summed E-state index contributed by atoms with van der Waals surface area (Å²) in [4.78, 5) is 38.1. The number of ether oxygens (including phenoxy) is 1. The van der Waals surface area contributed by atoms with Crippen molar-refractivity contribution in [2.24, 2.45) is 5.92 Å². The van der Waals surface area contributed by atoms with Crippen molar-refractivity contribution in [1.29, 1.82) is 0 Å². The highest BCUT2D eigenvalue weighted by atomic mass is 19.1. The van der Waals surface area contributed by atoms with Gasteiger partial charge in [-0.1, -0.05) is 24.3 Å². The van der Waals surface area contributed by atoms with E-state index >= 15 is 0 Å². The third-order valence-electron chi connectivity index (χ3n) is 4.82. The van der Waals surface area contributed by atoms with E-state index in [4.69, 9.17) is 4.74 Å². The van der Waals surface area contributed by atoms with Crippen LogP contribution in [0.1, 0.15) is 17.5 Å². The number of halogens is 1. The Bertz CT molecular complexity index is 928. The van der Waals surface area contributed by atoms with Crippen molar-refractivity contribution in [2.75, 3.05) is 23.4 Å². The first-order valence-electron chi connectivity index (χ1n) is 8.94. The van der Waals surface area contributed by atoms with E-state index in [9.17, 15) is 18.8 Å². The molecular weight excluding hydrogens is 363 g/mol. The SMILES string of the molecule is Cc1cccc(N2C[C@H](C(=O)OCC(=O)Nc3ccccc3F)CC2=O)c1C. The molecule has 1 fully saturated rings. The number of nitrogens with zero attached hydrogens (tertiary/aromatic N) is 1. The number of carbonyl (C=O) groups excluding carboxylic acids is 3. The summed E-state index contributed by atoms with van der Waals surface area (Å²) in [5.74, 6) is -2.65. The average Bonchev–Trinajstić information content (AvgIpc) is 3.05. The van der Waals surface area contributed by atoms with Crippen LogP contribution < -0.4 is 10.2 Å². The fraction of sp³-hybridized carbons (Fsp3) is 0.286. The van der Waals surface area contributed by atoms with Gasteiger partial charge in [-0.2, -0.15) is 0 Å². The van der Waals surface area contributed by atoms with Crippen LogP contribution in [0.4, 0.5) is 15.8 Å². The van der Waals surface area contributed by atoms with Gasteiger partial charge in [0.1, 0.15) is 5.82 Å². The van der Waals surface area contributed by atoms with Gasteiger partial charge >= 0.3 is 5.97 Å². The number of rotatable bonds is 5. The Kier molecular flexibility index (Phi) is 5.73. The summed E-state index contributed by atoms with van der Waals surface area (Å²) < 4.78 is 18.6. The second kappa shape index (κ2) is 8.21. The molecule has 1 aliphatic heterocycles. The zero-order valence-electron chi connectivity index (χ0n) is 15.7. The van der Waals surface area contributed by atoms with E-state index in [0.29, 0.717) is 0 Å². The molecule has 146 valence electrons. The first-order valence-corrected chi connectivity index (χ1v) is 8.94. The Labute approximate surface area is 162 Å². The fourth-order valence-electron chi connectivity index (χ4n) is 3.13. The Hall–Kier alpha value is -3.22. The molecule has 0 spiro atoms. The predicted octanol–water partition coefficient (Wildman–Crippen LogP) is 2.98. The molecule has 0 radical (unpaired) electrons. The molecule has 28 heavy (non-hydrogen) atoms. The zero-order valence-corrected chi connectivity index (χ0v) is 15.7. The number of amides is 2. The Balaban J connectivity index is 1.57. The number of carbonyl (C=O) groups is 3. The Morgan fingerprint density at radius 3 is 2.68 bits per heavy atom. The van der Waals surface area contributed by atoms with E-state index in [2.05, 4.69) is 5.32 Å². The molecule has 0 saturated carbocycles. The minimum Gasteiger partial charge on any atom is -0.455 e. The monoisotopic (exact) mass is 384 g/mol. The molecule has 0 aliphatic carbocycles. The summed E-state index contributed by atoms with van der Waals surface area (Å²) in [7, 11) is 0. The van der Waals surface area contributed by atoms with Crippen molar-refractivity contribution in [1.82, 2.24) is 0 Å². The maximum atomic E-state index is 13.5. The first kappa shape index (κ1) is 19.5. The molecule has 1 N–H and O–H groups in total. The van der Waals surface area contributed by atoms with Crippen LogP contribution in [0.3, 0.4) is 0 Å². The van der Waals surface area contributed by atoms with Gasteiger partial charge in [-0.25, -0.2) is 4.39 Å². The predicted molar refractivity (Wildman–Crippen MR) is 102 cm³/mol. The van der Waals surface area contributed by atoms with Crippen molar-refractivity contribution < 1.29 is 23.5 Å². The Morgan fingerprint density at radius 2 is 1.93 bits per heavy atom. The van der Waals surface area contributed by atoms with Crippen LogP contribution in [-0.4, -0.2) is 30.9 Å². The molecule has 0 bridgehead atoms. The summed E-state index contributed by atoms with van der Waals surface area (Å²) in [5.41, 5.74) is 2.83. The molecule has 1 saturated heterocycles. The van der Waals surface area contributed by atoms with Gasteiger partial charge < -0.3 is 15.0 Å². The number of aryl methyl sites for hydroxylation is 1. The van der Waals surface area contributed by atoms with Crippen LogP contribution in [0.25, 0.3) is 0 Å². The molecule has 1 aliphatic rings. The zero-order chi connectivity index (χ0) is 20.3. The molecule has 0 unspecified atom stereocenters. The molecule has 0 aromatic heterocycles. The van der Waals surface area contributed by atoms with Crippen molar-refractivity contribution >= 4 is 29.2 Å². The van der Waals surface area contributed by atoms with E-state index in [1.807, 2.05) is 32.0 Å². The van der Waals surface area contributed by atoms with Crippen molar-refractivity contribution in [3.05, 3.63) is 59.4 Å². The molecule has 3 rings (SSSR count). The van der Waals surface area contributed by atoms with E-state index < -0.39 is 30.2 Å². The lowest BCUT2D eigenvalue weighted by Crippen LogP contribution is -2.28. The number of esters is 1. The van der Waals surface area contributed by atoms with E-state index in [1.54, 1.807) is 11.0 Å². The lowest BCUT2D eigenvalue weighted by Gasteiger charge is -2.20. The van der Waals surface area contributed by atoms with Crippen LogP contribution in [0, 0.1) is 25.6 Å². The number of anilines is 2. The van der Waals surface area contributed by atoms with E-state index in [0.717, 1.165) is 16.8 Å². The molecule has 7 heteroatoms. The van der Waals surface area contributed by atoms with E-state index in [1.165, 1.54) is 18.2 Å². The summed E-state index contributed by atoms with van der Waals surface area (Å²) >= 11 is 0. The van der Waals surface area contributed by atoms with E-state index in [-0.39, 0.29) is 24.6 Å². The average molecular weight is 384 g/mol. The molecule has 2 amide bonds. The first-order chi connectivity index (χ1) is 13.4. The number of benzene rings is 2. The minimum absolute atomic E-state index is 0.0145. The number of para-hydroxylation sites is 1. The lowest BCUT2D eigenvalue weighted by molar-refractivity contribution is -0.151. The third-order valence-corrected chi connectivity index (χ3v) is 4.82. The normalized spacial score (nSPS) is 16.2. The van der Waals surface area contributed by atoms with Crippen LogP contribution in [0.15, 0.2) is 42.5 Å². The van der Waals surface area contributed by atoms with Crippen molar-refractivity contribution in [3.63, 3.8) is 0 Å². The molecule has 2 aromatic carbocycles. The minimum atomic E-state index is -0.645. The number of hydrogen-bond donors (Lipinski definition) is 1. The maximum absolute atomic E-state index is 13.5. The second-order valence-corrected chi connectivity index (χ2v) is 6.76. The third kappa shape index (κ3) is 4.19. The number of hydrogen-bond acceptors (Lipinski definition) is 4. The van der Waals surface area contributed by atoms with Gasteiger partial charge in [0.15, 0.2) is 6.61 Å². The molecule has 6 nitrogen and oxygen atoms in total. The fourth-order valence-corrected chi connectivity index (χ4v) is 3.13. The summed E-state index contributed by atoms with van der Waals surface area (Å²) in [5, 5.41) is 2.34. The quantitative estimate of drug-likeness (QED) is 0.804. The largest absolute Gasteiger partial charge is 0.455 e. The molecule has 1 heterocycles. The van der Waals surface area contributed by atoms with Crippen LogP contribution in [0.2, 0.25) is 0 Å². The highest BCUT2D eigenvalue weighted by Crippen LogP contribution is 2.29. The summed E-state index contributed by atoms with van der Waals surface area (Å²) in [6.45, 7) is 3.55. The van der Waals surface area contributed by atoms with Gasteiger partial charge in [-0.15, -0.1) is 0 Å². The molecular formula is C21H21FN2O4. The highest BCUT2D eigenvalue weighted by molar-refractivity contribution is 6.00. The highest BCUT2D eigenvalue weighted by Gasteiger charge is 2.37. The topological polar surface area (TPSA) is 75.7 Å². The van der Waals surface area contributed by atoms with Crippen LogP contribution in [-0.2, 0) is 19.1 Å². The van der Waals surface area contributed by atoms with Crippen molar-refractivity contribution in [2.45, 2.75) is 20.3 Å². The lowest BCUT2D eigenvalue weighted by atomic mass is 10.1. The van der Waals surface area contributed by atoms with Gasteiger partial charge in [-0.05, 0) is 43.2 Å². The van der Waals surface area contributed by atoms with Gasteiger partial charge in [0.25, 0.3) is 5.91 Å². The van der Waals surface area contributed by atoms with Crippen LogP contribution in [0.5, 0.6) is 0 Å².